The third-order valence-electron chi connectivity index (χ3n) is 5.27. The van der Waals surface area contributed by atoms with Crippen molar-refractivity contribution in [2.75, 3.05) is 23.4 Å². The molecule has 1 amide bonds. The van der Waals surface area contributed by atoms with E-state index in [4.69, 9.17) is 0 Å². The quantitative estimate of drug-likeness (QED) is 0.789. The van der Waals surface area contributed by atoms with Crippen LogP contribution in [0.5, 0.6) is 0 Å². The summed E-state index contributed by atoms with van der Waals surface area (Å²) in [5, 5.41) is 11.5. The Morgan fingerprint density at radius 1 is 1.17 bits per heavy atom. The molecule has 2 aliphatic rings. The summed E-state index contributed by atoms with van der Waals surface area (Å²) in [5.74, 6) is -0.313. The molecule has 2 aromatic rings. The number of para-hydroxylation sites is 1. The van der Waals surface area contributed by atoms with Gasteiger partial charge < -0.3 is 0 Å². The van der Waals surface area contributed by atoms with Gasteiger partial charge >= 0.3 is 0 Å². The highest BCUT2D eigenvalue weighted by molar-refractivity contribution is 7.14. The number of nitrogens with zero attached hydrogens (tertiary/aromatic N) is 4. The summed E-state index contributed by atoms with van der Waals surface area (Å²) in [6.07, 6.45) is 4.08. The molecule has 1 N–H and O–H groups in total. The Balaban J connectivity index is 1.42. The van der Waals surface area contributed by atoms with E-state index in [0.29, 0.717) is 17.3 Å². The van der Waals surface area contributed by atoms with E-state index in [1.807, 2.05) is 35.7 Å². The zero-order valence-corrected chi connectivity index (χ0v) is 17.3. The number of carbonyl (C=O) groups excluding carboxylic acids is 2. The maximum atomic E-state index is 12.7. The molecule has 1 fully saturated rings. The Morgan fingerprint density at radius 2 is 1.93 bits per heavy atom. The van der Waals surface area contributed by atoms with E-state index in [1.54, 1.807) is 5.01 Å². The Morgan fingerprint density at radius 3 is 2.66 bits per heavy atom. The molecule has 1 aromatic carbocycles. The first-order valence-electron chi connectivity index (χ1n) is 10.0. The minimum absolute atomic E-state index is 0.0153. The molecule has 1 aromatic heterocycles. The summed E-state index contributed by atoms with van der Waals surface area (Å²) in [6.45, 7) is 4.57. The molecule has 1 unspecified atom stereocenters. The molecular formula is C21H25N5O2S. The maximum Gasteiger partial charge on any atom is 0.273 e. The van der Waals surface area contributed by atoms with Gasteiger partial charge in [0.15, 0.2) is 10.9 Å². The van der Waals surface area contributed by atoms with Crippen LogP contribution in [0.1, 0.15) is 38.3 Å². The van der Waals surface area contributed by atoms with E-state index in [2.05, 4.69) is 20.3 Å². The van der Waals surface area contributed by atoms with Crippen molar-refractivity contribution in [3.8, 4) is 0 Å². The summed E-state index contributed by atoms with van der Waals surface area (Å²) in [5.41, 5.74) is 2.13. The highest BCUT2D eigenvalue weighted by Gasteiger charge is 2.34. The number of ketones is 1. The number of carbonyl (C=O) groups is 2. The second-order valence-electron chi connectivity index (χ2n) is 7.49. The number of Topliss-reactive ketones (excluding diaryl/α,β-unsaturated/α-hetero) is 1. The average Bonchev–Trinajstić information content (AvgIpc) is 3.37. The number of hydrogen-bond acceptors (Lipinski definition) is 7. The standard InChI is InChI=1S/C21H25N5O2S/c1-15(27)19-12-18(24-26(19)17-8-4-2-5-9-17)20(28)23-21-22-16(14-29-21)13-25-10-6-3-7-11-25/h2,4-5,8-9,14,19H,3,6-7,10-13H2,1H3,(H,22,23,28). The predicted octanol–water partition coefficient (Wildman–Crippen LogP) is 3.29. The molecular weight excluding hydrogens is 386 g/mol. The number of amides is 1. The van der Waals surface area contributed by atoms with Crippen LogP contribution >= 0.6 is 11.3 Å². The van der Waals surface area contributed by atoms with Crippen molar-refractivity contribution in [3.63, 3.8) is 0 Å². The van der Waals surface area contributed by atoms with Crippen LogP contribution in [0.4, 0.5) is 10.8 Å². The van der Waals surface area contributed by atoms with Gasteiger partial charge in [0.1, 0.15) is 11.8 Å². The molecule has 2 aliphatic heterocycles. The lowest BCUT2D eigenvalue weighted by atomic mass is 10.1. The van der Waals surface area contributed by atoms with E-state index in [1.165, 1.54) is 37.5 Å². The number of thiazole rings is 1. The van der Waals surface area contributed by atoms with Crippen LogP contribution in [-0.4, -0.2) is 46.4 Å². The lowest BCUT2D eigenvalue weighted by Crippen LogP contribution is -2.33. The topological polar surface area (TPSA) is 77.9 Å². The van der Waals surface area contributed by atoms with Gasteiger partial charge in [-0.2, -0.15) is 5.10 Å². The second kappa shape index (κ2) is 8.84. The summed E-state index contributed by atoms with van der Waals surface area (Å²) in [4.78, 5) is 31.8. The van der Waals surface area contributed by atoms with Crippen LogP contribution < -0.4 is 10.3 Å². The molecule has 0 bridgehead atoms. The van der Waals surface area contributed by atoms with E-state index in [0.717, 1.165) is 31.0 Å². The molecule has 0 spiro atoms. The third-order valence-corrected chi connectivity index (χ3v) is 6.08. The van der Waals surface area contributed by atoms with Gasteiger partial charge in [0, 0.05) is 18.3 Å². The number of hydrazone groups is 1. The van der Waals surface area contributed by atoms with Crippen LogP contribution in [0.25, 0.3) is 0 Å². The van der Waals surface area contributed by atoms with Gasteiger partial charge in [-0.15, -0.1) is 11.3 Å². The Bertz CT molecular complexity index is 905. The van der Waals surface area contributed by atoms with Crippen molar-refractivity contribution in [3.05, 3.63) is 41.4 Å². The van der Waals surface area contributed by atoms with Gasteiger partial charge in [0.05, 0.1) is 11.4 Å². The van der Waals surface area contributed by atoms with Crippen molar-refractivity contribution in [2.24, 2.45) is 5.10 Å². The predicted molar refractivity (Wildman–Crippen MR) is 115 cm³/mol. The minimum Gasteiger partial charge on any atom is -0.298 e. The van der Waals surface area contributed by atoms with Crippen molar-refractivity contribution >= 4 is 39.6 Å². The molecule has 1 atom stereocenters. The molecule has 152 valence electrons. The number of rotatable bonds is 6. The first-order chi connectivity index (χ1) is 14.1. The number of likely N-dealkylation sites (tertiary alicyclic amines) is 1. The molecule has 8 heteroatoms. The van der Waals surface area contributed by atoms with Crippen LogP contribution in [0, 0.1) is 0 Å². The average molecular weight is 412 g/mol. The monoisotopic (exact) mass is 411 g/mol. The van der Waals surface area contributed by atoms with Gasteiger partial charge in [0.2, 0.25) is 0 Å². The Hall–Kier alpha value is -2.58. The zero-order valence-electron chi connectivity index (χ0n) is 16.5. The number of aromatic nitrogens is 1. The number of anilines is 2. The molecule has 0 saturated carbocycles. The van der Waals surface area contributed by atoms with Gasteiger partial charge in [-0.3, -0.25) is 24.8 Å². The molecule has 4 rings (SSSR count). The molecule has 0 radical (unpaired) electrons. The first kappa shape index (κ1) is 19.7. The highest BCUT2D eigenvalue weighted by Crippen LogP contribution is 2.26. The van der Waals surface area contributed by atoms with Crippen LogP contribution in [0.3, 0.4) is 0 Å². The van der Waals surface area contributed by atoms with E-state index in [-0.39, 0.29) is 11.7 Å². The fourth-order valence-electron chi connectivity index (χ4n) is 3.74. The largest absolute Gasteiger partial charge is 0.298 e. The fourth-order valence-corrected chi connectivity index (χ4v) is 4.43. The Kier molecular flexibility index (Phi) is 6.01. The maximum absolute atomic E-state index is 12.7. The minimum atomic E-state index is -0.455. The fraction of sp³-hybridized carbons (Fsp3) is 0.429. The van der Waals surface area contributed by atoms with Gasteiger partial charge in [-0.1, -0.05) is 24.6 Å². The second-order valence-corrected chi connectivity index (χ2v) is 8.35. The van der Waals surface area contributed by atoms with Crippen molar-refractivity contribution in [1.82, 2.24) is 9.88 Å². The first-order valence-corrected chi connectivity index (χ1v) is 10.9. The summed E-state index contributed by atoms with van der Waals surface area (Å²) in [6, 6.07) is 8.99. The number of nitrogens with one attached hydrogen (secondary N) is 1. The molecule has 29 heavy (non-hydrogen) atoms. The van der Waals surface area contributed by atoms with Crippen LogP contribution in [-0.2, 0) is 16.1 Å². The number of piperidine rings is 1. The van der Waals surface area contributed by atoms with Crippen LogP contribution in [0.15, 0.2) is 40.8 Å². The summed E-state index contributed by atoms with van der Waals surface area (Å²) in [7, 11) is 0. The number of benzene rings is 1. The van der Waals surface area contributed by atoms with Crippen molar-refractivity contribution in [1.29, 1.82) is 0 Å². The Labute approximate surface area is 174 Å². The lowest BCUT2D eigenvalue weighted by Gasteiger charge is -2.25. The van der Waals surface area contributed by atoms with Gasteiger partial charge in [0.25, 0.3) is 5.91 Å². The molecule has 3 heterocycles. The van der Waals surface area contributed by atoms with E-state index >= 15 is 0 Å². The zero-order chi connectivity index (χ0) is 20.2. The van der Waals surface area contributed by atoms with Crippen molar-refractivity contribution < 1.29 is 9.59 Å². The van der Waals surface area contributed by atoms with E-state index in [9.17, 15) is 9.59 Å². The van der Waals surface area contributed by atoms with Gasteiger partial charge in [-0.05, 0) is 45.0 Å². The highest BCUT2D eigenvalue weighted by atomic mass is 32.1. The summed E-state index contributed by atoms with van der Waals surface area (Å²) < 4.78 is 0. The van der Waals surface area contributed by atoms with Gasteiger partial charge in [-0.25, -0.2) is 4.98 Å². The molecule has 1 saturated heterocycles. The molecule has 7 nitrogen and oxygen atoms in total. The SMILES string of the molecule is CC(=O)C1CC(C(=O)Nc2nc(CN3CCCCC3)cs2)=NN1c1ccccc1. The lowest BCUT2D eigenvalue weighted by molar-refractivity contribution is -0.118. The smallest absolute Gasteiger partial charge is 0.273 e. The third kappa shape index (κ3) is 4.71. The normalized spacial score (nSPS) is 19.8. The molecule has 0 aliphatic carbocycles. The number of hydrogen-bond donors (Lipinski definition) is 1. The summed E-state index contributed by atoms with van der Waals surface area (Å²) >= 11 is 1.42. The van der Waals surface area contributed by atoms with E-state index < -0.39 is 6.04 Å². The van der Waals surface area contributed by atoms with Crippen molar-refractivity contribution in [2.45, 2.75) is 45.2 Å². The van der Waals surface area contributed by atoms with Crippen LogP contribution in [0.2, 0.25) is 0 Å².